The number of benzene rings is 1. The second kappa shape index (κ2) is 13.4. The van der Waals surface area contributed by atoms with Gasteiger partial charge in [0, 0.05) is 6.54 Å². The first-order chi connectivity index (χ1) is 12.4. The number of halogens is 2. The molecule has 1 aliphatic rings. The summed E-state index contributed by atoms with van der Waals surface area (Å²) in [4.78, 5) is 14.2. The SMILES string of the molecule is Cl.Cl.NC(CCCCB(O)O)(C(=O)O)C1CCN(CCc2ccccc2)CC1. The van der Waals surface area contributed by atoms with Gasteiger partial charge in [0.05, 0.1) is 0 Å². The van der Waals surface area contributed by atoms with Crippen molar-refractivity contribution < 1.29 is 19.9 Å². The smallest absolute Gasteiger partial charge is 0.451 e. The standard InChI is InChI=1S/C19H31BN2O4.2ClH/c21-19(18(23)24,11-4-5-12-20(25)26)17-9-14-22(15-10-17)13-8-16-6-2-1-3-7-16;;/h1-3,6-7,17,25-26H,4-5,8-15,21H2,(H,23,24);2*1H. The number of carboxylic acids is 1. The Hall–Kier alpha value is -0.825. The minimum atomic E-state index is -1.33. The van der Waals surface area contributed by atoms with Crippen molar-refractivity contribution >= 4 is 37.9 Å². The maximum absolute atomic E-state index is 11.8. The molecule has 6 nitrogen and oxygen atoms in total. The monoisotopic (exact) mass is 434 g/mol. The topological polar surface area (TPSA) is 107 Å². The fourth-order valence-electron chi connectivity index (χ4n) is 3.83. The van der Waals surface area contributed by atoms with Crippen LogP contribution in [0.1, 0.15) is 37.7 Å². The van der Waals surface area contributed by atoms with Gasteiger partial charge < -0.3 is 25.8 Å². The second-order valence-electron chi connectivity index (χ2n) is 7.42. The van der Waals surface area contributed by atoms with Crippen LogP contribution in [0.25, 0.3) is 0 Å². The molecule has 160 valence electrons. The molecule has 2 rings (SSSR count). The van der Waals surface area contributed by atoms with Gasteiger partial charge in [-0.3, -0.25) is 4.79 Å². The van der Waals surface area contributed by atoms with E-state index in [1.807, 2.05) is 18.2 Å². The maximum atomic E-state index is 11.8. The third kappa shape index (κ3) is 8.27. The lowest BCUT2D eigenvalue weighted by Gasteiger charge is -2.40. The van der Waals surface area contributed by atoms with Crippen LogP contribution in [0, 0.1) is 5.92 Å². The number of carboxylic acid groups (broad SMARTS) is 1. The first-order valence-corrected chi connectivity index (χ1v) is 9.56. The van der Waals surface area contributed by atoms with Gasteiger partial charge in [-0.05, 0) is 56.6 Å². The lowest BCUT2D eigenvalue weighted by atomic mass is 9.74. The van der Waals surface area contributed by atoms with E-state index in [2.05, 4.69) is 17.0 Å². The van der Waals surface area contributed by atoms with Crippen LogP contribution in [0.4, 0.5) is 0 Å². The van der Waals surface area contributed by atoms with Crippen molar-refractivity contribution in [3.05, 3.63) is 35.9 Å². The largest absolute Gasteiger partial charge is 0.480 e. The first-order valence-electron chi connectivity index (χ1n) is 9.56. The lowest BCUT2D eigenvalue weighted by molar-refractivity contribution is -0.147. The number of aliphatic carboxylic acids is 1. The molecule has 1 aliphatic heterocycles. The average molecular weight is 435 g/mol. The molecular formula is C19H33BCl2N2O4. The van der Waals surface area contributed by atoms with Crippen molar-refractivity contribution in [2.24, 2.45) is 11.7 Å². The molecule has 1 unspecified atom stereocenters. The van der Waals surface area contributed by atoms with Gasteiger partial charge in [-0.1, -0.05) is 43.2 Å². The van der Waals surface area contributed by atoms with Crippen molar-refractivity contribution in [2.75, 3.05) is 19.6 Å². The molecule has 0 aliphatic carbocycles. The summed E-state index contributed by atoms with van der Waals surface area (Å²) in [5.41, 5.74) is 6.40. The molecule has 0 bridgehead atoms. The molecule has 0 aromatic heterocycles. The van der Waals surface area contributed by atoms with E-state index in [0.29, 0.717) is 19.3 Å². The summed E-state index contributed by atoms with van der Waals surface area (Å²) in [5, 5.41) is 27.5. The Balaban J connectivity index is 0.00000364. The van der Waals surface area contributed by atoms with E-state index >= 15 is 0 Å². The highest BCUT2D eigenvalue weighted by Gasteiger charge is 2.42. The first kappa shape index (κ1) is 27.2. The molecule has 1 aromatic carbocycles. The van der Waals surface area contributed by atoms with Gasteiger partial charge in [0.2, 0.25) is 0 Å². The quantitative estimate of drug-likeness (QED) is 0.332. The predicted molar refractivity (Wildman–Crippen MR) is 117 cm³/mol. The summed E-state index contributed by atoms with van der Waals surface area (Å²) in [6, 6.07) is 10.4. The maximum Gasteiger partial charge on any atom is 0.451 e. The summed E-state index contributed by atoms with van der Waals surface area (Å²) >= 11 is 0. The van der Waals surface area contributed by atoms with Crippen LogP contribution >= 0.6 is 24.8 Å². The molecule has 28 heavy (non-hydrogen) atoms. The number of rotatable bonds is 10. The molecule has 1 atom stereocenters. The van der Waals surface area contributed by atoms with Crippen LogP contribution in [0.3, 0.4) is 0 Å². The Labute approximate surface area is 180 Å². The van der Waals surface area contributed by atoms with E-state index in [1.54, 1.807) is 0 Å². The van der Waals surface area contributed by atoms with E-state index in [-0.39, 0.29) is 37.1 Å². The summed E-state index contributed by atoms with van der Waals surface area (Å²) in [6.45, 7) is 2.73. The number of hydrogen-bond donors (Lipinski definition) is 4. The number of hydrogen-bond acceptors (Lipinski definition) is 5. The number of piperidine rings is 1. The minimum Gasteiger partial charge on any atom is -0.480 e. The number of nitrogens with two attached hydrogens (primary N) is 1. The summed E-state index contributed by atoms with van der Waals surface area (Å²) in [7, 11) is -1.33. The number of likely N-dealkylation sites (tertiary alicyclic amines) is 1. The normalized spacial score (nSPS) is 17.1. The van der Waals surface area contributed by atoms with Crippen LogP contribution in [-0.2, 0) is 11.2 Å². The molecule has 0 amide bonds. The molecule has 0 saturated carbocycles. The Bertz CT molecular complexity index is 560. The Kier molecular flexibility index (Phi) is 13.0. The predicted octanol–water partition coefficient (Wildman–Crippen LogP) is 2.21. The van der Waals surface area contributed by atoms with Gasteiger partial charge in [-0.25, -0.2) is 0 Å². The van der Waals surface area contributed by atoms with Crippen LogP contribution in [0.5, 0.6) is 0 Å². The molecule has 5 N–H and O–H groups in total. The van der Waals surface area contributed by atoms with E-state index in [1.165, 1.54) is 5.56 Å². The van der Waals surface area contributed by atoms with E-state index < -0.39 is 18.6 Å². The molecule has 1 aromatic rings. The van der Waals surface area contributed by atoms with Crippen LogP contribution in [0.15, 0.2) is 30.3 Å². The molecule has 0 radical (unpaired) electrons. The van der Waals surface area contributed by atoms with E-state index in [0.717, 1.165) is 38.9 Å². The number of carbonyl (C=O) groups is 1. The molecule has 1 saturated heterocycles. The molecule has 9 heteroatoms. The summed E-state index contributed by atoms with van der Waals surface area (Å²) < 4.78 is 0. The van der Waals surface area contributed by atoms with Gasteiger partial charge >= 0.3 is 13.1 Å². The Morgan fingerprint density at radius 2 is 1.75 bits per heavy atom. The number of unbranched alkanes of at least 4 members (excludes halogenated alkanes) is 1. The highest BCUT2D eigenvalue weighted by atomic mass is 35.5. The third-order valence-corrected chi connectivity index (χ3v) is 5.58. The molecule has 1 fully saturated rings. The molecule has 1 heterocycles. The van der Waals surface area contributed by atoms with Gasteiger partial charge in [-0.2, -0.15) is 0 Å². The Morgan fingerprint density at radius 3 is 2.29 bits per heavy atom. The minimum absolute atomic E-state index is 0. The van der Waals surface area contributed by atoms with E-state index in [9.17, 15) is 9.90 Å². The van der Waals surface area contributed by atoms with Gasteiger partial charge in [0.25, 0.3) is 0 Å². The van der Waals surface area contributed by atoms with Crippen LogP contribution < -0.4 is 5.73 Å². The van der Waals surface area contributed by atoms with E-state index in [4.69, 9.17) is 15.8 Å². The van der Waals surface area contributed by atoms with Crippen molar-refractivity contribution in [1.82, 2.24) is 4.90 Å². The zero-order chi connectivity index (χ0) is 19.0. The summed E-state index contributed by atoms with van der Waals surface area (Å²) in [6.07, 6.45) is 4.38. The molecular weight excluding hydrogens is 402 g/mol. The van der Waals surface area contributed by atoms with Crippen molar-refractivity contribution in [1.29, 1.82) is 0 Å². The fraction of sp³-hybridized carbons (Fsp3) is 0.632. The Morgan fingerprint density at radius 1 is 1.14 bits per heavy atom. The zero-order valence-corrected chi connectivity index (χ0v) is 17.8. The van der Waals surface area contributed by atoms with Crippen molar-refractivity contribution in [3.63, 3.8) is 0 Å². The summed E-state index contributed by atoms with van der Waals surface area (Å²) in [5.74, 6) is -0.975. The number of nitrogens with zero attached hydrogens (tertiary/aromatic N) is 1. The highest BCUT2D eigenvalue weighted by molar-refractivity contribution is 6.40. The highest BCUT2D eigenvalue weighted by Crippen LogP contribution is 2.31. The third-order valence-electron chi connectivity index (χ3n) is 5.58. The fourth-order valence-corrected chi connectivity index (χ4v) is 3.83. The zero-order valence-electron chi connectivity index (χ0n) is 16.2. The second-order valence-corrected chi connectivity index (χ2v) is 7.42. The van der Waals surface area contributed by atoms with Gasteiger partial charge in [0.1, 0.15) is 5.54 Å². The van der Waals surface area contributed by atoms with Crippen LogP contribution in [-0.4, -0.2) is 58.3 Å². The lowest BCUT2D eigenvalue weighted by Crippen LogP contribution is -2.57. The van der Waals surface area contributed by atoms with Crippen molar-refractivity contribution in [2.45, 2.75) is 50.4 Å². The van der Waals surface area contributed by atoms with Crippen molar-refractivity contribution in [3.8, 4) is 0 Å². The van der Waals surface area contributed by atoms with Gasteiger partial charge in [0.15, 0.2) is 0 Å². The van der Waals surface area contributed by atoms with Gasteiger partial charge in [-0.15, -0.1) is 24.8 Å². The van der Waals surface area contributed by atoms with Crippen LogP contribution in [0.2, 0.25) is 6.32 Å². The molecule has 0 spiro atoms. The average Bonchev–Trinajstić information content (AvgIpc) is 2.64.